The quantitative estimate of drug-likeness (QED) is 0.614. The first kappa shape index (κ1) is 21.4. The average Bonchev–Trinajstić information content (AvgIpc) is 3.23. The topological polar surface area (TPSA) is 75.6 Å². The predicted octanol–water partition coefficient (Wildman–Crippen LogP) is 3.67. The molecular formula is C26H28N4O3. The minimum atomic E-state index is -0.291. The maximum Gasteiger partial charge on any atom is 0.241 e. The van der Waals surface area contributed by atoms with Crippen LogP contribution in [0.4, 0.5) is 5.69 Å². The van der Waals surface area contributed by atoms with Crippen molar-refractivity contribution in [1.29, 1.82) is 0 Å². The summed E-state index contributed by atoms with van der Waals surface area (Å²) in [5, 5.41) is 10.2. The maximum atomic E-state index is 13.2. The highest BCUT2D eigenvalue weighted by atomic mass is 16.5. The number of ether oxygens (including phenoxy) is 1. The summed E-state index contributed by atoms with van der Waals surface area (Å²) in [6.07, 6.45) is 3.46. The van der Waals surface area contributed by atoms with Crippen molar-refractivity contribution in [2.75, 3.05) is 24.5 Å². The highest BCUT2D eigenvalue weighted by molar-refractivity contribution is 6.00. The van der Waals surface area contributed by atoms with Crippen LogP contribution in [0.25, 0.3) is 10.8 Å². The predicted molar refractivity (Wildman–Crippen MR) is 126 cm³/mol. The zero-order chi connectivity index (χ0) is 22.9. The van der Waals surface area contributed by atoms with E-state index in [1.54, 1.807) is 11.1 Å². The van der Waals surface area contributed by atoms with Gasteiger partial charge < -0.3 is 14.5 Å². The van der Waals surface area contributed by atoms with E-state index in [0.29, 0.717) is 25.5 Å². The van der Waals surface area contributed by atoms with Crippen molar-refractivity contribution in [1.82, 2.24) is 15.1 Å². The summed E-state index contributed by atoms with van der Waals surface area (Å²) in [6, 6.07) is 13.9. The Balaban J connectivity index is 1.19. The van der Waals surface area contributed by atoms with E-state index >= 15 is 0 Å². The molecule has 1 aromatic heterocycles. The number of rotatable bonds is 4. The van der Waals surface area contributed by atoms with E-state index in [1.807, 2.05) is 54.3 Å². The Labute approximate surface area is 193 Å². The second-order valence-electron chi connectivity index (χ2n) is 9.05. The molecule has 170 valence electrons. The Morgan fingerprint density at radius 3 is 2.64 bits per heavy atom. The van der Waals surface area contributed by atoms with Crippen molar-refractivity contribution in [3.05, 3.63) is 59.8 Å². The number of anilines is 1. The molecule has 0 N–H and O–H groups in total. The summed E-state index contributed by atoms with van der Waals surface area (Å²) in [5.41, 5.74) is 3.22. The lowest BCUT2D eigenvalue weighted by molar-refractivity contribution is -0.137. The van der Waals surface area contributed by atoms with Gasteiger partial charge in [0.1, 0.15) is 6.10 Å². The molecule has 0 radical (unpaired) electrons. The Bertz CT molecular complexity index is 1200. The number of likely N-dealkylation sites (tertiary alicyclic amines) is 1. The van der Waals surface area contributed by atoms with Gasteiger partial charge in [-0.05, 0) is 43.2 Å². The lowest BCUT2D eigenvalue weighted by atomic mass is 10.0. The van der Waals surface area contributed by atoms with Crippen LogP contribution in [0.15, 0.2) is 48.7 Å². The third-order valence-electron chi connectivity index (χ3n) is 6.84. The molecule has 1 unspecified atom stereocenters. The first-order valence-corrected chi connectivity index (χ1v) is 11.5. The Morgan fingerprint density at radius 2 is 1.85 bits per heavy atom. The zero-order valence-corrected chi connectivity index (χ0v) is 19.0. The van der Waals surface area contributed by atoms with Crippen molar-refractivity contribution in [3.63, 3.8) is 0 Å². The number of benzene rings is 2. The Morgan fingerprint density at radius 1 is 1.06 bits per heavy atom. The number of fused-ring (bicyclic) bond motifs is 1. The third-order valence-corrected chi connectivity index (χ3v) is 6.84. The van der Waals surface area contributed by atoms with Crippen LogP contribution in [-0.4, -0.2) is 52.6 Å². The van der Waals surface area contributed by atoms with Gasteiger partial charge in [-0.15, -0.1) is 5.10 Å². The number of nitrogens with zero attached hydrogens (tertiary/aromatic N) is 4. The van der Waals surface area contributed by atoms with Crippen LogP contribution in [0, 0.1) is 19.8 Å². The van der Waals surface area contributed by atoms with Crippen LogP contribution >= 0.6 is 0 Å². The summed E-state index contributed by atoms with van der Waals surface area (Å²) >= 11 is 0. The number of carbonyl (C=O) groups is 2. The van der Waals surface area contributed by atoms with Gasteiger partial charge in [0, 0.05) is 55.4 Å². The number of piperidine rings is 1. The summed E-state index contributed by atoms with van der Waals surface area (Å²) < 4.78 is 6.16. The minimum absolute atomic E-state index is 0.00796. The van der Waals surface area contributed by atoms with Crippen molar-refractivity contribution < 1.29 is 14.3 Å². The van der Waals surface area contributed by atoms with Crippen LogP contribution in [0.2, 0.25) is 0 Å². The van der Waals surface area contributed by atoms with Crippen LogP contribution in [0.3, 0.4) is 0 Å². The summed E-state index contributed by atoms with van der Waals surface area (Å²) in [7, 11) is 0. The van der Waals surface area contributed by atoms with Gasteiger partial charge in [0.2, 0.25) is 17.7 Å². The maximum absolute atomic E-state index is 13.2. The van der Waals surface area contributed by atoms with Gasteiger partial charge in [-0.1, -0.05) is 24.3 Å². The van der Waals surface area contributed by atoms with Gasteiger partial charge in [0.15, 0.2) is 0 Å². The monoisotopic (exact) mass is 444 g/mol. The molecule has 0 saturated carbocycles. The molecule has 2 aromatic carbocycles. The normalized spacial score (nSPS) is 19.3. The fourth-order valence-corrected chi connectivity index (χ4v) is 4.71. The molecule has 3 heterocycles. The van der Waals surface area contributed by atoms with E-state index in [9.17, 15) is 9.59 Å². The lowest BCUT2D eigenvalue weighted by Crippen LogP contribution is -2.45. The smallest absolute Gasteiger partial charge is 0.241 e. The van der Waals surface area contributed by atoms with E-state index in [4.69, 9.17) is 4.74 Å². The van der Waals surface area contributed by atoms with E-state index in [1.165, 1.54) is 5.56 Å². The van der Waals surface area contributed by atoms with E-state index < -0.39 is 0 Å². The molecule has 2 fully saturated rings. The molecule has 5 rings (SSSR count). The molecule has 0 aliphatic carbocycles. The van der Waals surface area contributed by atoms with E-state index in [-0.39, 0.29) is 30.3 Å². The molecule has 2 amide bonds. The highest BCUT2D eigenvalue weighted by Crippen LogP contribution is 2.29. The molecule has 3 aromatic rings. The zero-order valence-electron chi connectivity index (χ0n) is 19.0. The second-order valence-corrected chi connectivity index (χ2v) is 9.05. The van der Waals surface area contributed by atoms with Crippen molar-refractivity contribution in [3.8, 4) is 5.88 Å². The van der Waals surface area contributed by atoms with E-state index in [2.05, 4.69) is 17.1 Å². The van der Waals surface area contributed by atoms with Gasteiger partial charge in [-0.25, -0.2) is 0 Å². The number of aryl methyl sites for hydroxylation is 2. The molecule has 1 atom stereocenters. The molecule has 2 saturated heterocycles. The number of hydrogen-bond donors (Lipinski definition) is 0. The van der Waals surface area contributed by atoms with Gasteiger partial charge in [-0.2, -0.15) is 5.10 Å². The molecule has 2 aliphatic heterocycles. The minimum Gasteiger partial charge on any atom is -0.473 e. The van der Waals surface area contributed by atoms with Gasteiger partial charge in [0.25, 0.3) is 0 Å². The molecule has 7 heteroatoms. The SMILES string of the molecule is Cc1ccc(N2CC(C(=O)N3CCC(Oc4nncc5ccccc45)CC3)CC2=O)cc1C. The van der Waals surface area contributed by atoms with Gasteiger partial charge in [0.05, 0.1) is 12.1 Å². The first-order chi connectivity index (χ1) is 16.0. The standard InChI is InChI=1S/C26H28N4O3/c1-17-7-8-21(13-18(17)2)30-16-20(14-24(30)31)26(32)29-11-9-22(10-12-29)33-25-23-6-4-3-5-19(23)15-27-28-25/h3-8,13,15,20,22H,9-12,14,16H2,1-2H3. The second kappa shape index (κ2) is 8.81. The Kier molecular flexibility index (Phi) is 5.70. The van der Waals surface area contributed by atoms with Crippen molar-refractivity contribution >= 4 is 28.3 Å². The molecular weight excluding hydrogens is 416 g/mol. The summed E-state index contributed by atoms with van der Waals surface area (Å²) in [5.74, 6) is 0.339. The molecule has 2 aliphatic rings. The number of amides is 2. The molecule has 0 spiro atoms. The summed E-state index contributed by atoms with van der Waals surface area (Å²) in [4.78, 5) is 29.5. The van der Waals surface area contributed by atoms with Crippen LogP contribution in [-0.2, 0) is 9.59 Å². The van der Waals surface area contributed by atoms with E-state index in [0.717, 1.165) is 34.9 Å². The highest BCUT2D eigenvalue weighted by Gasteiger charge is 2.38. The average molecular weight is 445 g/mol. The number of hydrogen-bond acceptors (Lipinski definition) is 5. The van der Waals surface area contributed by atoms with Gasteiger partial charge in [-0.3, -0.25) is 9.59 Å². The Hall–Kier alpha value is -3.48. The fourth-order valence-electron chi connectivity index (χ4n) is 4.71. The fraction of sp³-hybridized carbons (Fsp3) is 0.385. The van der Waals surface area contributed by atoms with Gasteiger partial charge >= 0.3 is 0 Å². The lowest BCUT2D eigenvalue weighted by Gasteiger charge is -2.33. The van der Waals surface area contributed by atoms with Crippen LogP contribution in [0.5, 0.6) is 5.88 Å². The molecule has 7 nitrogen and oxygen atoms in total. The first-order valence-electron chi connectivity index (χ1n) is 11.5. The van der Waals surface area contributed by atoms with Crippen LogP contribution < -0.4 is 9.64 Å². The molecule has 0 bridgehead atoms. The third kappa shape index (κ3) is 4.27. The van der Waals surface area contributed by atoms with Crippen LogP contribution in [0.1, 0.15) is 30.4 Å². The van der Waals surface area contributed by atoms with Crippen molar-refractivity contribution in [2.45, 2.75) is 39.2 Å². The number of carbonyl (C=O) groups excluding carboxylic acids is 2. The summed E-state index contributed by atoms with van der Waals surface area (Å²) in [6.45, 7) is 5.78. The molecule has 33 heavy (non-hydrogen) atoms. The van der Waals surface area contributed by atoms with Crippen molar-refractivity contribution in [2.24, 2.45) is 5.92 Å². The number of aromatic nitrogens is 2. The largest absolute Gasteiger partial charge is 0.473 e.